The number of hydrogen-bond donors (Lipinski definition) is 2. The topological polar surface area (TPSA) is 76.1 Å². The van der Waals surface area contributed by atoms with Gasteiger partial charge in [0.2, 0.25) is 5.95 Å². The molecule has 6 heteroatoms. The third kappa shape index (κ3) is 4.90. The van der Waals surface area contributed by atoms with Crippen LogP contribution in [0.4, 0.5) is 17.3 Å². The molecule has 0 aliphatic carbocycles. The highest BCUT2D eigenvalue weighted by Crippen LogP contribution is 2.29. The minimum Gasteiger partial charge on any atom is -0.492 e. The van der Waals surface area contributed by atoms with Gasteiger partial charge in [0.1, 0.15) is 11.4 Å². The van der Waals surface area contributed by atoms with E-state index in [4.69, 9.17) is 4.74 Å². The summed E-state index contributed by atoms with van der Waals surface area (Å²) in [4.78, 5) is 21.4. The molecule has 0 unspecified atom stereocenters. The Labute approximate surface area is 171 Å². The normalized spacial score (nSPS) is 10.7. The number of aromatic nitrogens is 2. The monoisotopic (exact) mass is 390 g/mol. The second-order valence-electron chi connectivity index (χ2n) is 6.97. The largest absolute Gasteiger partial charge is 0.492 e. The number of para-hydroxylation sites is 3. The van der Waals surface area contributed by atoms with Gasteiger partial charge in [-0.2, -0.15) is 0 Å². The molecule has 3 aromatic rings. The van der Waals surface area contributed by atoms with Crippen molar-refractivity contribution in [3.8, 4) is 5.75 Å². The lowest BCUT2D eigenvalue weighted by molar-refractivity contribution is 0.102. The molecule has 0 radical (unpaired) electrons. The summed E-state index contributed by atoms with van der Waals surface area (Å²) in [5, 5.41) is 6.15. The van der Waals surface area contributed by atoms with Crippen LogP contribution in [0.3, 0.4) is 0 Å². The van der Waals surface area contributed by atoms with Crippen molar-refractivity contribution < 1.29 is 9.53 Å². The summed E-state index contributed by atoms with van der Waals surface area (Å²) in [5.41, 5.74) is 4.12. The summed E-state index contributed by atoms with van der Waals surface area (Å²) < 4.78 is 5.57. The molecule has 2 N–H and O–H groups in total. The fraction of sp³-hybridized carbons (Fsp3) is 0.261. The van der Waals surface area contributed by atoms with Crippen molar-refractivity contribution in [3.63, 3.8) is 0 Å². The molecule has 0 spiro atoms. The van der Waals surface area contributed by atoms with Crippen molar-refractivity contribution in [1.29, 1.82) is 0 Å². The second-order valence-corrected chi connectivity index (χ2v) is 6.97. The van der Waals surface area contributed by atoms with E-state index in [0.29, 0.717) is 29.9 Å². The van der Waals surface area contributed by atoms with Crippen LogP contribution < -0.4 is 15.4 Å². The lowest BCUT2D eigenvalue weighted by Crippen LogP contribution is -2.15. The zero-order chi connectivity index (χ0) is 20.8. The Morgan fingerprint density at radius 3 is 2.66 bits per heavy atom. The van der Waals surface area contributed by atoms with Crippen LogP contribution in [0.25, 0.3) is 0 Å². The number of amides is 1. The van der Waals surface area contributed by atoms with E-state index < -0.39 is 0 Å². The molecule has 6 nitrogen and oxygen atoms in total. The number of benzene rings is 2. The van der Waals surface area contributed by atoms with Crippen molar-refractivity contribution >= 4 is 23.2 Å². The van der Waals surface area contributed by atoms with E-state index >= 15 is 0 Å². The van der Waals surface area contributed by atoms with Crippen molar-refractivity contribution in [2.75, 3.05) is 17.2 Å². The van der Waals surface area contributed by atoms with Crippen molar-refractivity contribution in [2.45, 2.75) is 33.6 Å². The molecule has 2 aromatic carbocycles. The highest BCUT2D eigenvalue weighted by molar-refractivity contribution is 6.03. The predicted octanol–water partition coefficient (Wildman–Crippen LogP) is 5.30. The van der Waals surface area contributed by atoms with Crippen LogP contribution in [0.15, 0.2) is 54.7 Å². The fourth-order valence-electron chi connectivity index (χ4n) is 3.04. The molecule has 0 atom stereocenters. The van der Waals surface area contributed by atoms with Gasteiger partial charge in [-0.1, -0.05) is 44.2 Å². The van der Waals surface area contributed by atoms with Crippen molar-refractivity contribution in [3.05, 3.63) is 71.5 Å². The van der Waals surface area contributed by atoms with E-state index in [-0.39, 0.29) is 11.6 Å². The molecule has 150 valence electrons. The van der Waals surface area contributed by atoms with Crippen LogP contribution in [-0.4, -0.2) is 22.5 Å². The molecule has 1 amide bonds. The number of nitrogens with zero attached hydrogens (tertiary/aromatic N) is 2. The number of nitrogens with one attached hydrogen (secondary N) is 2. The average Bonchev–Trinajstić information content (AvgIpc) is 2.71. The molecule has 0 aliphatic rings. The molecule has 0 saturated heterocycles. The van der Waals surface area contributed by atoms with Crippen LogP contribution in [0, 0.1) is 6.92 Å². The summed E-state index contributed by atoms with van der Waals surface area (Å²) in [6, 6.07) is 15.1. The third-order valence-corrected chi connectivity index (χ3v) is 4.49. The van der Waals surface area contributed by atoms with E-state index in [1.807, 2.05) is 44.2 Å². The molecule has 0 bridgehead atoms. The molecular formula is C23H26N4O2. The molecule has 29 heavy (non-hydrogen) atoms. The van der Waals surface area contributed by atoms with Gasteiger partial charge in [0.25, 0.3) is 5.91 Å². The molecule has 3 rings (SSSR count). The van der Waals surface area contributed by atoms with Gasteiger partial charge in [-0.25, -0.2) is 9.97 Å². The number of aryl methyl sites for hydroxylation is 1. The number of carbonyl (C=O) groups is 1. The van der Waals surface area contributed by atoms with E-state index in [9.17, 15) is 4.79 Å². The van der Waals surface area contributed by atoms with Crippen molar-refractivity contribution in [2.24, 2.45) is 0 Å². The molecule has 1 aromatic heterocycles. The molecule has 1 heterocycles. The van der Waals surface area contributed by atoms with Crippen LogP contribution in [-0.2, 0) is 0 Å². The van der Waals surface area contributed by atoms with Crippen LogP contribution in [0.1, 0.15) is 48.3 Å². The Bertz CT molecular complexity index is 1000. The van der Waals surface area contributed by atoms with Gasteiger partial charge < -0.3 is 15.4 Å². The zero-order valence-electron chi connectivity index (χ0n) is 17.2. The standard InChI is InChI=1S/C23H26N4O2/c1-5-29-20-12-7-6-11-18(20)25-22(28)19-13-14-24-23(26-19)27-21-16(4)9-8-10-17(21)15(2)3/h6-15H,5H2,1-4H3,(H,25,28)(H,24,26,27). The maximum atomic E-state index is 12.7. The van der Waals surface area contributed by atoms with Gasteiger partial charge in [-0.3, -0.25) is 4.79 Å². The first-order valence-corrected chi connectivity index (χ1v) is 9.72. The molecule has 0 aliphatic heterocycles. The Kier molecular flexibility index (Phi) is 6.44. The predicted molar refractivity (Wildman–Crippen MR) is 116 cm³/mol. The van der Waals surface area contributed by atoms with Crippen molar-refractivity contribution in [1.82, 2.24) is 9.97 Å². The Hall–Kier alpha value is -3.41. The van der Waals surface area contributed by atoms with Gasteiger partial charge in [-0.15, -0.1) is 0 Å². The SMILES string of the molecule is CCOc1ccccc1NC(=O)c1ccnc(Nc2c(C)cccc2C(C)C)n1. The lowest BCUT2D eigenvalue weighted by Gasteiger charge is -2.16. The summed E-state index contributed by atoms with van der Waals surface area (Å²) in [7, 11) is 0. The van der Waals surface area contributed by atoms with Crippen LogP contribution >= 0.6 is 0 Å². The highest BCUT2D eigenvalue weighted by atomic mass is 16.5. The van der Waals surface area contributed by atoms with Gasteiger partial charge in [0, 0.05) is 11.9 Å². The molecular weight excluding hydrogens is 364 g/mol. The Balaban J connectivity index is 1.83. The summed E-state index contributed by atoms with van der Waals surface area (Å²) >= 11 is 0. The smallest absolute Gasteiger partial charge is 0.274 e. The highest BCUT2D eigenvalue weighted by Gasteiger charge is 2.14. The summed E-state index contributed by atoms with van der Waals surface area (Å²) in [6.07, 6.45) is 1.58. The molecule has 0 fully saturated rings. The first-order chi connectivity index (χ1) is 14.0. The number of carbonyl (C=O) groups excluding carboxylic acids is 1. The van der Waals surface area contributed by atoms with Gasteiger partial charge in [0.15, 0.2) is 0 Å². The van der Waals surface area contributed by atoms with Gasteiger partial charge in [0.05, 0.1) is 12.3 Å². The first-order valence-electron chi connectivity index (χ1n) is 9.72. The van der Waals surface area contributed by atoms with E-state index in [1.54, 1.807) is 18.3 Å². The maximum absolute atomic E-state index is 12.7. The first kappa shape index (κ1) is 20.3. The van der Waals surface area contributed by atoms with Gasteiger partial charge in [-0.05, 0) is 49.1 Å². The van der Waals surface area contributed by atoms with Crippen LogP contribution in [0.2, 0.25) is 0 Å². The Morgan fingerprint density at radius 1 is 1.10 bits per heavy atom. The maximum Gasteiger partial charge on any atom is 0.274 e. The molecule has 0 saturated carbocycles. The number of anilines is 3. The Morgan fingerprint density at radius 2 is 1.90 bits per heavy atom. The average molecular weight is 390 g/mol. The zero-order valence-corrected chi connectivity index (χ0v) is 17.2. The second kappa shape index (κ2) is 9.19. The minimum atomic E-state index is -0.323. The van der Waals surface area contributed by atoms with Gasteiger partial charge >= 0.3 is 0 Å². The quantitative estimate of drug-likeness (QED) is 0.572. The number of ether oxygens (including phenoxy) is 1. The third-order valence-electron chi connectivity index (χ3n) is 4.49. The van der Waals surface area contributed by atoms with E-state index in [0.717, 1.165) is 11.3 Å². The lowest BCUT2D eigenvalue weighted by atomic mass is 9.98. The van der Waals surface area contributed by atoms with E-state index in [1.165, 1.54) is 5.56 Å². The number of hydrogen-bond acceptors (Lipinski definition) is 5. The summed E-state index contributed by atoms with van der Waals surface area (Å²) in [6.45, 7) is 8.73. The number of rotatable bonds is 7. The van der Waals surface area contributed by atoms with E-state index in [2.05, 4.69) is 40.5 Å². The fourth-order valence-corrected chi connectivity index (χ4v) is 3.04. The summed E-state index contributed by atoms with van der Waals surface area (Å²) in [5.74, 6) is 1.03. The van der Waals surface area contributed by atoms with Crippen LogP contribution in [0.5, 0.6) is 5.75 Å². The minimum absolute atomic E-state index is 0.272.